The number of amides is 4. The van der Waals surface area contributed by atoms with Gasteiger partial charge in [-0.2, -0.15) is 0 Å². The van der Waals surface area contributed by atoms with Gasteiger partial charge in [-0.3, -0.25) is 24.3 Å². The van der Waals surface area contributed by atoms with Crippen LogP contribution in [-0.4, -0.2) is 65.0 Å². The molecule has 4 amide bonds. The number of ether oxygens (including phenoxy) is 1. The average Bonchev–Trinajstić information content (AvgIpc) is 3.15. The highest BCUT2D eigenvalue weighted by atomic mass is 19.1. The molecule has 3 aromatic rings. The number of rotatable bonds is 9. The van der Waals surface area contributed by atoms with E-state index < -0.39 is 17.4 Å². The van der Waals surface area contributed by atoms with Crippen molar-refractivity contribution in [1.82, 2.24) is 15.1 Å². The van der Waals surface area contributed by atoms with Crippen LogP contribution in [0.3, 0.4) is 0 Å². The van der Waals surface area contributed by atoms with E-state index in [1.165, 1.54) is 21.9 Å². The van der Waals surface area contributed by atoms with E-state index in [4.69, 9.17) is 4.74 Å². The maximum absolute atomic E-state index is 14.3. The SMILES string of the molecule is CC(C)Oc1cccc(CN2CCC3(CC2C)C(=O)N(CCNC(=O)c2ccccc2)C(=O)N3c2cccc(F)c2)c1. The van der Waals surface area contributed by atoms with Gasteiger partial charge in [-0.1, -0.05) is 36.4 Å². The summed E-state index contributed by atoms with van der Waals surface area (Å²) < 4.78 is 20.2. The molecule has 8 nitrogen and oxygen atoms in total. The Balaban J connectivity index is 1.34. The quantitative estimate of drug-likeness (QED) is 0.355. The molecule has 0 saturated carbocycles. The number of imide groups is 1. The molecule has 220 valence electrons. The molecule has 2 saturated heterocycles. The van der Waals surface area contributed by atoms with Crippen molar-refractivity contribution in [2.75, 3.05) is 24.5 Å². The van der Waals surface area contributed by atoms with Crippen molar-refractivity contribution in [3.63, 3.8) is 0 Å². The number of urea groups is 1. The number of likely N-dealkylation sites (tertiary alicyclic amines) is 1. The number of carbonyl (C=O) groups excluding carboxylic acids is 3. The van der Waals surface area contributed by atoms with Crippen LogP contribution in [0, 0.1) is 5.82 Å². The summed E-state index contributed by atoms with van der Waals surface area (Å²) in [6.45, 7) is 7.40. The molecule has 2 atom stereocenters. The second-order valence-corrected chi connectivity index (χ2v) is 11.3. The van der Waals surface area contributed by atoms with E-state index in [1.807, 2.05) is 38.1 Å². The zero-order valence-electron chi connectivity index (χ0n) is 24.3. The molecule has 1 N–H and O–H groups in total. The van der Waals surface area contributed by atoms with Crippen molar-refractivity contribution in [2.24, 2.45) is 0 Å². The summed E-state index contributed by atoms with van der Waals surface area (Å²) in [4.78, 5) is 45.4. The van der Waals surface area contributed by atoms with Gasteiger partial charge in [0.2, 0.25) is 0 Å². The summed E-state index contributed by atoms with van der Waals surface area (Å²) in [5.74, 6) is -0.265. The van der Waals surface area contributed by atoms with Gasteiger partial charge in [0.15, 0.2) is 0 Å². The highest BCUT2D eigenvalue weighted by Gasteiger charge is 2.59. The lowest BCUT2D eigenvalue weighted by atomic mass is 9.81. The molecule has 1 spiro atoms. The van der Waals surface area contributed by atoms with Gasteiger partial charge in [0.1, 0.15) is 17.1 Å². The van der Waals surface area contributed by atoms with Crippen molar-refractivity contribution in [3.05, 3.63) is 95.8 Å². The van der Waals surface area contributed by atoms with Crippen LogP contribution in [0.4, 0.5) is 14.9 Å². The smallest absolute Gasteiger partial charge is 0.332 e. The van der Waals surface area contributed by atoms with E-state index in [1.54, 1.807) is 36.4 Å². The van der Waals surface area contributed by atoms with Crippen LogP contribution in [-0.2, 0) is 11.3 Å². The molecule has 0 aliphatic carbocycles. The fourth-order valence-electron chi connectivity index (χ4n) is 6.01. The molecule has 9 heteroatoms. The summed E-state index contributed by atoms with van der Waals surface area (Å²) in [6, 6.07) is 22.0. The first-order chi connectivity index (χ1) is 20.2. The van der Waals surface area contributed by atoms with Crippen LogP contribution in [0.25, 0.3) is 0 Å². The van der Waals surface area contributed by atoms with E-state index in [0.29, 0.717) is 37.2 Å². The van der Waals surface area contributed by atoms with Crippen molar-refractivity contribution in [2.45, 2.75) is 57.8 Å². The summed E-state index contributed by atoms with van der Waals surface area (Å²) in [5.41, 5.74) is 0.801. The van der Waals surface area contributed by atoms with E-state index in [9.17, 15) is 18.8 Å². The first-order valence-corrected chi connectivity index (χ1v) is 14.4. The highest BCUT2D eigenvalue weighted by Crippen LogP contribution is 2.42. The van der Waals surface area contributed by atoms with E-state index in [0.717, 1.165) is 11.3 Å². The Morgan fingerprint density at radius 2 is 1.81 bits per heavy atom. The van der Waals surface area contributed by atoms with Crippen LogP contribution in [0.15, 0.2) is 78.9 Å². The predicted octanol–water partition coefficient (Wildman–Crippen LogP) is 5.23. The molecular formula is C33H37FN4O4. The van der Waals surface area contributed by atoms with Crippen LogP contribution in [0.2, 0.25) is 0 Å². The Morgan fingerprint density at radius 1 is 1.05 bits per heavy atom. The zero-order chi connectivity index (χ0) is 29.9. The molecule has 0 radical (unpaired) electrons. The Bertz CT molecular complexity index is 1450. The van der Waals surface area contributed by atoms with Crippen LogP contribution >= 0.6 is 0 Å². The monoisotopic (exact) mass is 572 g/mol. The number of hydrogen-bond donors (Lipinski definition) is 1. The van der Waals surface area contributed by atoms with Crippen molar-refractivity contribution in [3.8, 4) is 5.75 Å². The van der Waals surface area contributed by atoms with Gasteiger partial charge in [0.25, 0.3) is 11.8 Å². The van der Waals surface area contributed by atoms with Crippen molar-refractivity contribution in [1.29, 1.82) is 0 Å². The molecule has 2 aliphatic heterocycles. The normalized spacial score (nSPS) is 20.9. The number of anilines is 1. The van der Waals surface area contributed by atoms with Gasteiger partial charge in [-0.15, -0.1) is 0 Å². The molecule has 3 aromatic carbocycles. The fourth-order valence-corrected chi connectivity index (χ4v) is 6.01. The fraction of sp³-hybridized carbons (Fsp3) is 0.364. The van der Waals surface area contributed by atoms with Crippen molar-refractivity contribution >= 4 is 23.5 Å². The molecule has 0 bridgehead atoms. The summed E-state index contributed by atoms with van der Waals surface area (Å²) in [7, 11) is 0. The molecule has 42 heavy (non-hydrogen) atoms. The lowest BCUT2D eigenvalue weighted by Crippen LogP contribution is -2.59. The Labute approximate surface area is 246 Å². The third-order valence-corrected chi connectivity index (χ3v) is 7.94. The third kappa shape index (κ3) is 6.01. The van der Waals surface area contributed by atoms with Crippen LogP contribution in [0.5, 0.6) is 5.75 Å². The van der Waals surface area contributed by atoms with Crippen LogP contribution in [0.1, 0.15) is 49.5 Å². The Hall–Kier alpha value is -4.24. The van der Waals surface area contributed by atoms with Gasteiger partial charge in [0.05, 0.1) is 6.10 Å². The molecule has 2 fully saturated rings. The van der Waals surface area contributed by atoms with Crippen molar-refractivity contribution < 1.29 is 23.5 Å². The summed E-state index contributed by atoms with van der Waals surface area (Å²) in [5, 5.41) is 2.80. The van der Waals surface area contributed by atoms with E-state index in [2.05, 4.69) is 23.2 Å². The zero-order valence-corrected chi connectivity index (χ0v) is 24.3. The summed E-state index contributed by atoms with van der Waals surface area (Å²) >= 11 is 0. The Kier molecular flexibility index (Phi) is 8.59. The minimum Gasteiger partial charge on any atom is -0.491 e. The standard InChI is InChI=1S/C33H37FN4O4/c1-23(2)42-29-14-7-9-25(19-29)22-36-17-15-33(21-24(36)3)31(40)37(18-16-35-30(39)26-10-5-4-6-11-26)32(41)38(33)28-13-8-12-27(34)20-28/h4-14,19-20,23-24H,15-18,21-22H2,1-3H3,(H,35,39). The number of halogens is 1. The number of nitrogens with zero attached hydrogens (tertiary/aromatic N) is 3. The van der Waals surface area contributed by atoms with Gasteiger partial charge in [-0.05, 0) is 81.6 Å². The van der Waals surface area contributed by atoms with Gasteiger partial charge in [0, 0.05) is 43.5 Å². The first kappa shape index (κ1) is 29.3. The molecular weight excluding hydrogens is 535 g/mol. The molecule has 0 aromatic heterocycles. The molecule has 2 aliphatic rings. The minimum absolute atomic E-state index is 0.0184. The topological polar surface area (TPSA) is 82.2 Å². The van der Waals surface area contributed by atoms with Gasteiger partial charge >= 0.3 is 6.03 Å². The summed E-state index contributed by atoms with van der Waals surface area (Å²) in [6.07, 6.45) is 0.861. The Morgan fingerprint density at radius 3 is 2.52 bits per heavy atom. The van der Waals surface area contributed by atoms with Crippen LogP contribution < -0.4 is 15.0 Å². The molecule has 2 unspecified atom stereocenters. The average molecular weight is 573 g/mol. The minimum atomic E-state index is -1.15. The lowest BCUT2D eigenvalue weighted by molar-refractivity contribution is -0.133. The van der Waals surface area contributed by atoms with E-state index in [-0.39, 0.29) is 37.0 Å². The maximum atomic E-state index is 14.3. The number of hydrogen-bond acceptors (Lipinski definition) is 5. The predicted molar refractivity (Wildman–Crippen MR) is 159 cm³/mol. The second kappa shape index (κ2) is 12.3. The molecule has 2 heterocycles. The lowest BCUT2D eigenvalue weighted by Gasteiger charge is -2.45. The third-order valence-electron chi connectivity index (χ3n) is 7.94. The highest BCUT2D eigenvalue weighted by molar-refractivity contribution is 6.17. The second-order valence-electron chi connectivity index (χ2n) is 11.3. The first-order valence-electron chi connectivity index (χ1n) is 14.4. The van der Waals surface area contributed by atoms with E-state index >= 15 is 0 Å². The number of piperidine rings is 1. The number of benzene rings is 3. The largest absolute Gasteiger partial charge is 0.491 e. The van der Waals surface area contributed by atoms with Gasteiger partial charge < -0.3 is 10.1 Å². The number of nitrogens with one attached hydrogen (secondary N) is 1. The maximum Gasteiger partial charge on any atom is 0.332 e. The molecule has 5 rings (SSSR count). The van der Waals surface area contributed by atoms with Gasteiger partial charge in [-0.25, -0.2) is 9.18 Å². The number of carbonyl (C=O) groups is 3.